The van der Waals surface area contributed by atoms with Crippen LogP contribution in [0.2, 0.25) is 5.02 Å². The van der Waals surface area contributed by atoms with Crippen LogP contribution >= 0.6 is 34.2 Å². The molecule has 0 bridgehead atoms. The fraction of sp³-hybridized carbons (Fsp3) is 0.333. The van der Waals surface area contributed by atoms with E-state index >= 15 is 0 Å². The third-order valence-corrected chi connectivity index (χ3v) is 4.11. The number of benzene rings is 1. The van der Waals surface area contributed by atoms with Crippen molar-refractivity contribution in [2.24, 2.45) is 11.1 Å². The summed E-state index contributed by atoms with van der Waals surface area (Å²) in [4.78, 5) is 23.0. The Kier molecular flexibility index (Phi) is 4.98. The number of nitrogens with two attached hydrogens (primary N) is 1. The molecule has 98 valence electrons. The van der Waals surface area contributed by atoms with Crippen molar-refractivity contribution in [1.82, 2.24) is 5.32 Å². The Morgan fingerprint density at radius 2 is 2.06 bits per heavy atom. The smallest absolute Gasteiger partial charge is 0.251 e. The Labute approximate surface area is 124 Å². The van der Waals surface area contributed by atoms with E-state index in [9.17, 15) is 9.59 Å². The van der Waals surface area contributed by atoms with Gasteiger partial charge >= 0.3 is 0 Å². The Hall–Kier alpha value is -0.820. The Bertz CT molecular complexity index is 489. The normalized spacial score (nSPS) is 11.1. The van der Waals surface area contributed by atoms with Gasteiger partial charge in [-0.3, -0.25) is 9.59 Å². The Balaban J connectivity index is 2.72. The number of carbonyl (C=O) groups excluding carboxylic acids is 2. The first-order valence-electron chi connectivity index (χ1n) is 5.27. The molecule has 0 aliphatic carbocycles. The van der Waals surface area contributed by atoms with E-state index in [2.05, 4.69) is 27.9 Å². The minimum atomic E-state index is -0.775. The molecule has 4 nitrogen and oxygen atoms in total. The molecule has 0 saturated heterocycles. The topological polar surface area (TPSA) is 72.2 Å². The predicted octanol–water partition coefficient (Wildman–Crippen LogP) is 2.19. The van der Waals surface area contributed by atoms with Gasteiger partial charge in [0.15, 0.2) is 0 Å². The molecule has 0 aromatic heterocycles. The lowest BCUT2D eigenvalue weighted by Crippen LogP contribution is -2.42. The second-order valence-electron chi connectivity index (χ2n) is 4.56. The fourth-order valence-corrected chi connectivity index (χ4v) is 1.64. The van der Waals surface area contributed by atoms with Crippen LogP contribution in [0.25, 0.3) is 0 Å². The van der Waals surface area contributed by atoms with Gasteiger partial charge in [0.2, 0.25) is 5.91 Å². The summed E-state index contributed by atoms with van der Waals surface area (Å²) in [5, 5.41) is 3.19. The third kappa shape index (κ3) is 3.84. The van der Waals surface area contributed by atoms with Gasteiger partial charge in [0, 0.05) is 15.7 Å². The third-order valence-electron chi connectivity index (χ3n) is 2.54. The van der Waals surface area contributed by atoms with E-state index in [-0.39, 0.29) is 12.5 Å². The van der Waals surface area contributed by atoms with Gasteiger partial charge in [-0.05, 0) is 54.6 Å². The maximum absolute atomic E-state index is 11.9. The zero-order valence-corrected chi connectivity index (χ0v) is 13.0. The number of amides is 2. The minimum Gasteiger partial charge on any atom is -0.369 e. The van der Waals surface area contributed by atoms with Crippen LogP contribution in [0.1, 0.15) is 24.2 Å². The highest BCUT2D eigenvalue weighted by molar-refractivity contribution is 14.1. The van der Waals surface area contributed by atoms with Crippen molar-refractivity contribution in [1.29, 1.82) is 0 Å². The zero-order valence-electron chi connectivity index (χ0n) is 10.1. The van der Waals surface area contributed by atoms with Crippen molar-refractivity contribution < 1.29 is 9.59 Å². The standard InChI is InChI=1S/C12H14ClIN2O2/c1-12(2,11(15)18)6-16-10(17)7-3-4-9(14)8(13)5-7/h3-5H,6H2,1-2H3,(H2,15,18)(H,16,17). The van der Waals surface area contributed by atoms with Gasteiger partial charge in [-0.1, -0.05) is 11.6 Å². The first kappa shape index (κ1) is 15.2. The molecule has 0 spiro atoms. The molecule has 1 aromatic carbocycles. The number of hydrogen-bond donors (Lipinski definition) is 2. The molecule has 1 rings (SSSR count). The largest absolute Gasteiger partial charge is 0.369 e. The maximum atomic E-state index is 11.9. The molecule has 18 heavy (non-hydrogen) atoms. The lowest BCUT2D eigenvalue weighted by atomic mass is 9.92. The highest BCUT2D eigenvalue weighted by atomic mass is 127. The van der Waals surface area contributed by atoms with Gasteiger partial charge in [0.25, 0.3) is 5.91 Å². The van der Waals surface area contributed by atoms with Gasteiger partial charge < -0.3 is 11.1 Å². The second-order valence-corrected chi connectivity index (χ2v) is 6.13. The van der Waals surface area contributed by atoms with Gasteiger partial charge in [0.05, 0.1) is 10.4 Å². The summed E-state index contributed by atoms with van der Waals surface area (Å²) in [5.41, 5.74) is 4.91. The fourth-order valence-electron chi connectivity index (χ4n) is 1.13. The molecule has 6 heteroatoms. The molecule has 2 amide bonds. The lowest BCUT2D eigenvalue weighted by molar-refractivity contribution is -0.125. The van der Waals surface area contributed by atoms with Crippen LogP contribution in [0.3, 0.4) is 0 Å². The molecule has 3 N–H and O–H groups in total. The maximum Gasteiger partial charge on any atom is 0.251 e. The van der Waals surface area contributed by atoms with Crippen molar-refractivity contribution in [3.8, 4) is 0 Å². The van der Waals surface area contributed by atoms with E-state index in [0.29, 0.717) is 10.6 Å². The molecular weight excluding hydrogens is 367 g/mol. The number of rotatable bonds is 4. The number of hydrogen-bond acceptors (Lipinski definition) is 2. The number of primary amides is 1. The Morgan fingerprint density at radius 3 is 2.56 bits per heavy atom. The predicted molar refractivity (Wildman–Crippen MR) is 79.5 cm³/mol. The first-order valence-corrected chi connectivity index (χ1v) is 6.73. The molecule has 0 heterocycles. The molecule has 0 saturated carbocycles. The van der Waals surface area contributed by atoms with Crippen LogP contribution in [-0.2, 0) is 4.79 Å². The molecule has 0 radical (unpaired) electrons. The molecular formula is C12H14ClIN2O2. The van der Waals surface area contributed by atoms with Gasteiger partial charge in [0.1, 0.15) is 0 Å². The van der Waals surface area contributed by atoms with Crippen LogP contribution < -0.4 is 11.1 Å². The van der Waals surface area contributed by atoms with E-state index in [1.165, 1.54) is 0 Å². The van der Waals surface area contributed by atoms with Crippen LogP contribution in [0.15, 0.2) is 18.2 Å². The van der Waals surface area contributed by atoms with E-state index in [1.807, 2.05) is 0 Å². The first-order chi connectivity index (χ1) is 8.24. The number of halogens is 2. The molecule has 0 aliphatic heterocycles. The summed E-state index contributed by atoms with van der Waals surface area (Å²) < 4.78 is 0.878. The summed E-state index contributed by atoms with van der Waals surface area (Å²) in [7, 11) is 0. The van der Waals surface area contributed by atoms with Gasteiger partial charge in [-0.25, -0.2) is 0 Å². The molecule has 0 unspecified atom stereocenters. The summed E-state index contributed by atoms with van der Waals surface area (Å²) in [6, 6.07) is 5.03. The summed E-state index contributed by atoms with van der Waals surface area (Å²) in [6.07, 6.45) is 0. The summed E-state index contributed by atoms with van der Waals surface area (Å²) in [5.74, 6) is -0.730. The van der Waals surface area contributed by atoms with Gasteiger partial charge in [-0.15, -0.1) is 0 Å². The highest BCUT2D eigenvalue weighted by Crippen LogP contribution is 2.20. The quantitative estimate of drug-likeness (QED) is 0.786. The van der Waals surface area contributed by atoms with Crippen molar-refractivity contribution in [2.75, 3.05) is 6.54 Å². The molecule has 0 atom stereocenters. The van der Waals surface area contributed by atoms with Crippen molar-refractivity contribution in [2.45, 2.75) is 13.8 Å². The monoisotopic (exact) mass is 380 g/mol. The minimum absolute atomic E-state index is 0.185. The summed E-state index contributed by atoms with van der Waals surface area (Å²) >= 11 is 8.02. The molecule has 0 fully saturated rings. The lowest BCUT2D eigenvalue weighted by Gasteiger charge is -2.20. The number of nitrogens with one attached hydrogen (secondary N) is 1. The van der Waals surface area contributed by atoms with Crippen molar-refractivity contribution in [3.05, 3.63) is 32.4 Å². The van der Waals surface area contributed by atoms with Crippen LogP contribution in [0.4, 0.5) is 0 Å². The SMILES string of the molecule is CC(C)(CNC(=O)c1ccc(I)c(Cl)c1)C(N)=O. The van der Waals surface area contributed by atoms with E-state index < -0.39 is 11.3 Å². The average Bonchev–Trinajstić information content (AvgIpc) is 2.29. The van der Waals surface area contributed by atoms with Crippen LogP contribution in [-0.4, -0.2) is 18.4 Å². The molecule has 0 aliphatic rings. The van der Waals surface area contributed by atoms with E-state index in [4.69, 9.17) is 17.3 Å². The second kappa shape index (κ2) is 5.88. The van der Waals surface area contributed by atoms with Crippen LogP contribution in [0, 0.1) is 8.99 Å². The van der Waals surface area contributed by atoms with Crippen LogP contribution in [0.5, 0.6) is 0 Å². The van der Waals surface area contributed by atoms with Gasteiger partial charge in [-0.2, -0.15) is 0 Å². The van der Waals surface area contributed by atoms with E-state index in [1.54, 1.807) is 32.0 Å². The van der Waals surface area contributed by atoms with Crippen molar-refractivity contribution in [3.63, 3.8) is 0 Å². The molecule has 1 aromatic rings. The summed E-state index contributed by atoms with van der Waals surface area (Å²) in [6.45, 7) is 3.54. The average molecular weight is 381 g/mol. The Morgan fingerprint density at radius 1 is 1.44 bits per heavy atom. The highest BCUT2D eigenvalue weighted by Gasteiger charge is 2.25. The zero-order chi connectivity index (χ0) is 13.9. The number of carbonyl (C=O) groups is 2. The van der Waals surface area contributed by atoms with E-state index in [0.717, 1.165) is 3.57 Å². The van der Waals surface area contributed by atoms with Crippen molar-refractivity contribution >= 4 is 46.0 Å².